The fourth-order valence-corrected chi connectivity index (χ4v) is 2.32. The molecule has 2 aromatic heterocycles. The molecule has 0 spiro atoms. The fraction of sp³-hybridized carbons (Fsp3) is 0.500. The van der Waals surface area contributed by atoms with Gasteiger partial charge in [0.2, 0.25) is 0 Å². The number of nitrogens with zero attached hydrogens (tertiary/aromatic N) is 2. The number of ether oxygens (including phenoxy) is 1. The molecule has 18 heavy (non-hydrogen) atoms. The number of pyridine rings is 1. The molecule has 6 heteroatoms. The van der Waals surface area contributed by atoms with E-state index in [1.54, 1.807) is 18.3 Å². The molecule has 5 nitrogen and oxygen atoms in total. The zero-order valence-corrected chi connectivity index (χ0v) is 9.86. The molecule has 0 atom stereocenters. The van der Waals surface area contributed by atoms with Crippen molar-refractivity contribution in [2.75, 3.05) is 13.2 Å². The van der Waals surface area contributed by atoms with Crippen molar-refractivity contribution in [3.63, 3.8) is 0 Å². The molecule has 3 rings (SSSR count). The van der Waals surface area contributed by atoms with Gasteiger partial charge in [-0.3, -0.25) is 9.55 Å². The highest BCUT2D eigenvalue weighted by atomic mass is 19.1. The summed E-state index contributed by atoms with van der Waals surface area (Å²) in [4.78, 5) is 18.5. The van der Waals surface area contributed by atoms with Crippen LogP contribution in [-0.4, -0.2) is 33.4 Å². The summed E-state index contributed by atoms with van der Waals surface area (Å²) in [6.07, 6.45) is 2.25. The molecule has 0 saturated carbocycles. The number of hydrogen-bond acceptors (Lipinski definition) is 3. The van der Waals surface area contributed by atoms with Gasteiger partial charge in [-0.2, -0.15) is 0 Å². The number of rotatable bonds is 2. The second kappa shape index (κ2) is 4.20. The van der Waals surface area contributed by atoms with Crippen LogP contribution >= 0.6 is 0 Å². The van der Waals surface area contributed by atoms with Crippen molar-refractivity contribution in [2.24, 2.45) is 0 Å². The van der Waals surface area contributed by atoms with E-state index in [4.69, 9.17) is 4.74 Å². The smallest absolute Gasteiger partial charge is 0.327 e. The lowest BCUT2D eigenvalue weighted by Crippen LogP contribution is -2.38. The van der Waals surface area contributed by atoms with Gasteiger partial charge in [0.05, 0.1) is 12.1 Å². The SMILES string of the molecule is O=c1[nH]c2ncccc2n1CC1(F)CCOCC1. The molecule has 1 aliphatic rings. The molecule has 2 aromatic rings. The highest BCUT2D eigenvalue weighted by molar-refractivity contribution is 5.70. The summed E-state index contributed by atoms with van der Waals surface area (Å²) in [5, 5.41) is 0. The highest BCUT2D eigenvalue weighted by Gasteiger charge is 2.33. The molecule has 1 aliphatic heterocycles. The summed E-state index contributed by atoms with van der Waals surface area (Å²) in [6, 6.07) is 3.50. The van der Waals surface area contributed by atoms with Gasteiger partial charge in [0, 0.05) is 32.3 Å². The second-order valence-corrected chi connectivity index (χ2v) is 4.65. The van der Waals surface area contributed by atoms with E-state index >= 15 is 0 Å². The number of halogens is 1. The van der Waals surface area contributed by atoms with Gasteiger partial charge in [0.15, 0.2) is 5.65 Å². The Balaban J connectivity index is 1.99. The van der Waals surface area contributed by atoms with E-state index in [2.05, 4.69) is 9.97 Å². The molecule has 1 fully saturated rings. The zero-order valence-electron chi connectivity index (χ0n) is 9.86. The molecule has 0 aliphatic carbocycles. The maximum absolute atomic E-state index is 14.6. The van der Waals surface area contributed by atoms with Gasteiger partial charge in [-0.15, -0.1) is 0 Å². The van der Waals surface area contributed by atoms with Crippen LogP contribution in [0.2, 0.25) is 0 Å². The minimum atomic E-state index is -1.37. The Morgan fingerprint density at radius 3 is 3.06 bits per heavy atom. The number of nitrogens with one attached hydrogen (secondary N) is 1. The van der Waals surface area contributed by atoms with Crippen LogP contribution in [0.15, 0.2) is 23.1 Å². The lowest BCUT2D eigenvalue weighted by molar-refractivity contribution is -0.0175. The number of hydrogen-bond donors (Lipinski definition) is 1. The van der Waals surface area contributed by atoms with E-state index in [1.165, 1.54) is 4.57 Å². The summed E-state index contributed by atoms with van der Waals surface area (Å²) in [5.74, 6) is 0. The first-order valence-corrected chi connectivity index (χ1v) is 5.98. The van der Waals surface area contributed by atoms with Gasteiger partial charge in [0.25, 0.3) is 0 Å². The first-order chi connectivity index (χ1) is 8.68. The molecule has 0 aromatic carbocycles. The minimum absolute atomic E-state index is 0.0564. The largest absolute Gasteiger partial charge is 0.381 e. The Morgan fingerprint density at radius 1 is 1.50 bits per heavy atom. The van der Waals surface area contributed by atoms with Crippen LogP contribution < -0.4 is 5.69 Å². The molecule has 96 valence electrons. The Labute approximate surface area is 103 Å². The first-order valence-electron chi connectivity index (χ1n) is 5.98. The predicted molar refractivity (Wildman–Crippen MR) is 64.2 cm³/mol. The Hall–Kier alpha value is -1.69. The van der Waals surface area contributed by atoms with Gasteiger partial charge in [-0.1, -0.05) is 0 Å². The summed E-state index contributed by atoms with van der Waals surface area (Å²) < 4.78 is 21.1. The summed E-state index contributed by atoms with van der Waals surface area (Å²) in [7, 11) is 0. The molecule has 0 radical (unpaired) electrons. The van der Waals surface area contributed by atoms with Gasteiger partial charge in [-0.25, -0.2) is 14.2 Å². The van der Waals surface area contributed by atoms with Crippen molar-refractivity contribution in [3.05, 3.63) is 28.8 Å². The van der Waals surface area contributed by atoms with Crippen molar-refractivity contribution in [2.45, 2.75) is 25.1 Å². The number of H-pyrrole nitrogens is 1. The molecule has 0 bridgehead atoms. The summed E-state index contributed by atoms with van der Waals surface area (Å²) in [6.45, 7) is 0.874. The average Bonchev–Trinajstić information content (AvgIpc) is 2.67. The average molecular weight is 251 g/mol. The second-order valence-electron chi connectivity index (χ2n) is 4.65. The van der Waals surface area contributed by atoms with Crippen molar-refractivity contribution in [1.82, 2.24) is 14.5 Å². The van der Waals surface area contributed by atoms with Crippen LogP contribution in [0.4, 0.5) is 4.39 Å². The van der Waals surface area contributed by atoms with Crippen molar-refractivity contribution in [3.8, 4) is 0 Å². The molecule has 1 saturated heterocycles. The third kappa shape index (κ3) is 1.92. The molecular weight excluding hydrogens is 237 g/mol. The van der Waals surface area contributed by atoms with Crippen molar-refractivity contribution in [1.29, 1.82) is 0 Å². The number of fused-ring (bicyclic) bond motifs is 1. The van der Waals surface area contributed by atoms with Gasteiger partial charge in [-0.05, 0) is 12.1 Å². The number of alkyl halides is 1. The lowest BCUT2D eigenvalue weighted by atomic mass is 9.96. The fourth-order valence-electron chi connectivity index (χ4n) is 2.32. The Morgan fingerprint density at radius 2 is 2.28 bits per heavy atom. The quantitative estimate of drug-likeness (QED) is 0.873. The van der Waals surface area contributed by atoms with E-state index < -0.39 is 5.67 Å². The maximum Gasteiger partial charge on any atom is 0.327 e. The van der Waals surface area contributed by atoms with E-state index in [1.807, 2.05) is 0 Å². The number of aromatic amines is 1. The Kier molecular flexibility index (Phi) is 2.66. The van der Waals surface area contributed by atoms with Crippen molar-refractivity contribution < 1.29 is 9.13 Å². The summed E-state index contributed by atoms with van der Waals surface area (Å²) in [5.41, 5.74) is -0.538. The third-order valence-electron chi connectivity index (χ3n) is 3.38. The topological polar surface area (TPSA) is 59.9 Å². The van der Waals surface area contributed by atoms with Gasteiger partial charge < -0.3 is 4.74 Å². The van der Waals surface area contributed by atoms with Crippen LogP contribution in [0, 0.1) is 0 Å². The monoisotopic (exact) mass is 251 g/mol. The number of aromatic nitrogens is 3. The molecule has 3 heterocycles. The van der Waals surface area contributed by atoms with E-state index in [0.29, 0.717) is 37.2 Å². The van der Waals surface area contributed by atoms with Gasteiger partial charge in [0.1, 0.15) is 5.67 Å². The molecular formula is C12H14FN3O2. The first kappa shape index (κ1) is 11.4. The van der Waals surface area contributed by atoms with E-state index in [-0.39, 0.29) is 12.2 Å². The van der Waals surface area contributed by atoms with E-state index in [9.17, 15) is 9.18 Å². The van der Waals surface area contributed by atoms with Crippen LogP contribution in [0.5, 0.6) is 0 Å². The Bertz CT molecular complexity index is 613. The van der Waals surface area contributed by atoms with Crippen LogP contribution in [0.1, 0.15) is 12.8 Å². The van der Waals surface area contributed by atoms with Gasteiger partial charge >= 0.3 is 5.69 Å². The molecule has 0 unspecified atom stereocenters. The summed E-state index contributed by atoms with van der Waals surface area (Å²) >= 11 is 0. The molecule has 0 amide bonds. The highest BCUT2D eigenvalue weighted by Crippen LogP contribution is 2.27. The molecule has 1 N–H and O–H groups in total. The van der Waals surface area contributed by atoms with Crippen LogP contribution in [0.25, 0.3) is 11.2 Å². The standard InChI is InChI=1S/C12H14FN3O2/c13-12(3-6-18-7-4-12)8-16-9-2-1-5-14-10(9)15-11(16)17/h1-2,5H,3-4,6-8H2,(H,14,15,17). The van der Waals surface area contributed by atoms with E-state index in [0.717, 1.165) is 0 Å². The van der Waals surface area contributed by atoms with Crippen LogP contribution in [0.3, 0.4) is 0 Å². The normalized spacial score (nSPS) is 19.2. The lowest BCUT2D eigenvalue weighted by Gasteiger charge is -2.29. The van der Waals surface area contributed by atoms with Crippen LogP contribution in [-0.2, 0) is 11.3 Å². The minimum Gasteiger partial charge on any atom is -0.381 e. The third-order valence-corrected chi connectivity index (χ3v) is 3.38. The maximum atomic E-state index is 14.6. The van der Waals surface area contributed by atoms with Crippen molar-refractivity contribution >= 4 is 11.2 Å². The number of imidazole rings is 1. The predicted octanol–water partition coefficient (Wildman–Crippen LogP) is 1.24. The zero-order chi connectivity index (χ0) is 12.6.